The van der Waals surface area contributed by atoms with E-state index in [1.165, 1.54) is 7.11 Å². The van der Waals surface area contributed by atoms with E-state index in [9.17, 15) is 4.79 Å². The van der Waals surface area contributed by atoms with Crippen LogP contribution in [0.4, 0.5) is 0 Å². The van der Waals surface area contributed by atoms with Gasteiger partial charge in [-0.05, 0) is 36.5 Å². The zero-order chi connectivity index (χ0) is 18.9. The Hall–Kier alpha value is -2.24. The van der Waals surface area contributed by atoms with Gasteiger partial charge in [0.25, 0.3) is 0 Å². The van der Waals surface area contributed by atoms with Crippen LogP contribution < -0.4 is 10.1 Å². The highest BCUT2D eigenvalue weighted by atomic mass is 16.5. The number of rotatable bonds is 6. The van der Waals surface area contributed by atoms with Gasteiger partial charge in [0, 0.05) is 26.7 Å². The number of hydrogen-bond donors (Lipinski definition) is 1. The maximum absolute atomic E-state index is 11.7. The zero-order valence-electron chi connectivity index (χ0n) is 16.3. The third kappa shape index (κ3) is 5.93. The lowest BCUT2D eigenvalue weighted by molar-refractivity contribution is -0.146. The number of benzene rings is 1. The normalized spacial score (nSPS) is 15.9. The molecule has 26 heavy (non-hydrogen) atoms. The van der Waals surface area contributed by atoms with Crippen LogP contribution in [0.25, 0.3) is 0 Å². The molecule has 1 aromatic rings. The van der Waals surface area contributed by atoms with Crippen LogP contribution in [0.15, 0.2) is 29.3 Å². The third-order valence-electron chi connectivity index (χ3n) is 4.47. The maximum Gasteiger partial charge on any atom is 0.308 e. The molecule has 0 saturated carbocycles. The van der Waals surface area contributed by atoms with Crippen LogP contribution in [0.5, 0.6) is 5.75 Å². The fraction of sp³-hybridized carbons (Fsp3) is 0.600. The minimum atomic E-state index is -0.106. The molecular formula is C20H31N3O3. The van der Waals surface area contributed by atoms with E-state index in [1.807, 2.05) is 12.1 Å². The van der Waals surface area contributed by atoms with Gasteiger partial charge >= 0.3 is 5.97 Å². The molecule has 0 radical (unpaired) electrons. The van der Waals surface area contributed by atoms with Gasteiger partial charge < -0.3 is 19.7 Å². The van der Waals surface area contributed by atoms with Gasteiger partial charge in [0.15, 0.2) is 5.96 Å². The lowest BCUT2D eigenvalue weighted by Gasteiger charge is -2.33. The van der Waals surface area contributed by atoms with Crippen LogP contribution in [0, 0.1) is 11.8 Å². The third-order valence-corrected chi connectivity index (χ3v) is 4.47. The van der Waals surface area contributed by atoms with Crippen molar-refractivity contribution in [1.82, 2.24) is 10.2 Å². The molecule has 0 bridgehead atoms. The molecule has 1 aliphatic heterocycles. The number of likely N-dealkylation sites (tertiary alicyclic amines) is 1. The maximum atomic E-state index is 11.7. The molecule has 144 valence electrons. The molecule has 0 unspecified atom stereocenters. The van der Waals surface area contributed by atoms with Crippen LogP contribution >= 0.6 is 0 Å². The van der Waals surface area contributed by atoms with Crippen molar-refractivity contribution in [1.29, 1.82) is 0 Å². The summed E-state index contributed by atoms with van der Waals surface area (Å²) in [6.07, 6.45) is 1.60. The highest BCUT2D eigenvalue weighted by molar-refractivity contribution is 5.80. The van der Waals surface area contributed by atoms with Gasteiger partial charge in [-0.15, -0.1) is 0 Å². The molecule has 0 aromatic heterocycles. The Morgan fingerprint density at radius 1 is 1.35 bits per heavy atom. The van der Waals surface area contributed by atoms with E-state index in [0.29, 0.717) is 19.1 Å². The van der Waals surface area contributed by atoms with E-state index >= 15 is 0 Å². The first kappa shape index (κ1) is 20.1. The molecule has 1 aliphatic rings. The second kappa shape index (κ2) is 10.0. The standard InChI is InChI=1S/C20H31N3O3/c1-15(2)14-26-18-7-5-6-16(12-18)13-22-20(21-3)23-10-8-17(9-11-23)19(24)25-4/h5-7,12,15,17H,8-11,13-14H2,1-4H3,(H,21,22). The number of carbonyl (C=O) groups excluding carboxylic acids is 1. The van der Waals surface area contributed by atoms with Crippen molar-refractivity contribution in [3.8, 4) is 5.75 Å². The highest BCUT2D eigenvalue weighted by Crippen LogP contribution is 2.19. The van der Waals surface area contributed by atoms with Crippen LogP contribution in [0.2, 0.25) is 0 Å². The van der Waals surface area contributed by atoms with Crippen LogP contribution in [-0.4, -0.2) is 50.7 Å². The molecule has 0 aliphatic carbocycles. The average molecular weight is 361 g/mol. The SMILES string of the molecule is CN=C(NCc1cccc(OCC(C)C)c1)N1CCC(C(=O)OC)CC1. The number of esters is 1. The number of aliphatic imine (C=N–C) groups is 1. The van der Waals surface area contributed by atoms with Crippen molar-refractivity contribution in [3.63, 3.8) is 0 Å². The molecule has 1 heterocycles. The summed E-state index contributed by atoms with van der Waals surface area (Å²) in [5, 5.41) is 3.41. The lowest BCUT2D eigenvalue weighted by Crippen LogP contribution is -2.46. The zero-order valence-corrected chi connectivity index (χ0v) is 16.3. The molecule has 1 fully saturated rings. The molecule has 1 saturated heterocycles. The summed E-state index contributed by atoms with van der Waals surface area (Å²) in [7, 11) is 3.24. The summed E-state index contributed by atoms with van der Waals surface area (Å²) in [5.41, 5.74) is 1.15. The van der Waals surface area contributed by atoms with Gasteiger partial charge in [0.1, 0.15) is 5.75 Å². The van der Waals surface area contributed by atoms with E-state index in [4.69, 9.17) is 9.47 Å². The number of hydrogen-bond acceptors (Lipinski definition) is 4. The summed E-state index contributed by atoms with van der Waals surface area (Å²) in [5.74, 6) is 2.16. The average Bonchev–Trinajstić information content (AvgIpc) is 2.67. The first-order chi connectivity index (χ1) is 12.5. The summed E-state index contributed by atoms with van der Waals surface area (Å²) in [6, 6.07) is 8.13. The highest BCUT2D eigenvalue weighted by Gasteiger charge is 2.26. The summed E-state index contributed by atoms with van der Waals surface area (Å²) >= 11 is 0. The summed E-state index contributed by atoms with van der Waals surface area (Å²) in [4.78, 5) is 18.2. The Labute approximate surface area is 156 Å². The molecule has 0 atom stereocenters. The first-order valence-electron chi connectivity index (χ1n) is 9.28. The van der Waals surface area contributed by atoms with Crippen molar-refractivity contribution in [3.05, 3.63) is 29.8 Å². The molecule has 1 N–H and O–H groups in total. The molecule has 6 heteroatoms. The molecule has 1 aromatic carbocycles. The van der Waals surface area contributed by atoms with Crippen molar-refractivity contribution < 1.29 is 14.3 Å². The Balaban J connectivity index is 1.86. The van der Waals surface area contributed by atoms with Crippen LogP contribution in [0.3, 0.4) is 0 Å². The van der Waals surface area contributed by atoms with Gasteiger partial charge in [0.05, 0.1) is 19.6 Å². The fourth-order valence-electron chi connectivity index (χ4n) is 3.02. The second-order valence-corrected chi connectivity index (χ2v) is 7.04. The van der Waals surface area contributed by atoms with Gasteiger partial charge in [0.2, 0.25) is 0 Å². The Morgan fingerprint density at radius 3 is 2.69 bits per heavy atom. The predicted molar refractivity (Wildman–Crippen MR) is 103 cm³/mol. The minimum Gasteiger partial charge on any atom is -0.493 e. The molecule has 0 amide bonds. The van der Waals surface area contributed by atoms with E-state index in [0.717, 1.165) is 43.2 Å². The van der Waals surface area contributed by atoms with Crippen molar-refractivity contribution in [2.24, 2.45) is 16.8 Å². The quantitative estimate of drug-likeness (QED) is 0.479. The second-order valence-electron chi connectivity index (χ2n) is 7.04. The summed E-state index contributed by atoms with van der Waals surface area (Å²) in [6.45, 7) is 7.28. The van der Waals surface area contributed by atoms with Gasteiger partial charge in [-0.1, -0.05) is 26.0 Å². The van der Waals surface area contributed by atoms with Crippen molar-refractivity contribution in [2.45, 2.75) is 33.2 Å². The largest absolute Gasteiger partial charge is 0.493 e. The number of guanidine groups is 1. The number of methoxy groups -OCH3 is 1. The summed E-state index contributed by atoms with van der Waals surface area (Å²) < 4.78 is 10.6. The fourth-order valence-corrected chi connectivity index (χ4v) is 3.02. The lowest BCUT2D eigenvalue weighted by atomic mass is 9.97. The van der Waals surface area contributed by atoms with E-state index in [2.05, 4.69) is 41.2 Å². The Kier molecular flexibility index (Phi) is 7.75. The van der Waals surface area contributed by atoms with Crippen molar-refractivity contribution in [2.75, 3.05) is 33.9 Å². The molecular weight excluding hydrogens is 330 g/mol. The topological polar surface area (TPSA) is 63.2 Å². The van der Waals surface area contributed by atoms with Gasteiger partial charge in [-0.2, -0.15) is 0 Å². The monoisotopic (exact) mass is 361 g/mol. The molecule has 0 spiro atoms. The van der Waals surface area contributed by atoms with E-state index in [-0.39, 0.29) is 11.9 Å². The number of carbonyl (C=O) groups is 1. The minimum absolute atomic E-state index is 0.00384. The predicted octanol–water partition coefficient (Wildman–Crippen LogP) is 2.68. The Morgan fingerprint density at radius 2 is 2.08 bits per heavy atom. The number of nitrogens with one attached hydrogen (secondary N) is 1. The number of piperidine rings is 1. The number of nitrogens with zero attached hydrogens (tertiary/aromatic N) is 2. The smallest absolute Gasteiger partial charge is 0.308 e. The molecule has 2 rings (SSSR count). The number of ether oxygens (including phenoxy) is 2. The Bertz CT molecular complexity index is 608. The van der Waals surface area contributed by atoms with Gasteiger partial charge in [-0.25, -0.2) is 0 Å². The van der Waals surface area contributed by atoms with E-state index in [1.54, 1.807) is 7.05 Å². The van der Waals surface area contributed by atoms with Gasteiger partial charge in [-0.3, -0.25) is 9.79 Å². The first-order valence-corrected chi connectivity index (χ1v) is 9.28. The van der Waals surface area contributed by atoms with Crippen LogP contribution in [0.1, 0.15) is 32.3 Å². The van der Waals surface area contributed by atoms with Crippen molar-refractivity contribution >= 4 is 11.9 Å². The molecule has 6 nitrogen and oxygen atoms in total. The van der Waals surface area contributed by atoms with E-state index < -0.39 is 0 Å². The van der Waals surface area contributed by atoms with Crippen LogP contribution in [-0.2, 0) is 16.1 Å².